The Bertz CT molecular complexity index is 1000. The van der Waals surface area contributed by atoms with Crippen LogP contribution >= 0.6 is 0 Å². The van der Waals surface area contributed by atoms with Crippen molar-refractivity contribution in [3.63, 3.8) is 0 Å². The van der Waals surface area contributed by atoms with E-state index in [1.54, 1.807) is 24.3 Å². The van der Waals surface area contributed by atoms with Gasteiger partial charge >= 0.3 is 12.1 Å². The SMILES string of the molecule is COC(=O)c1ccc2c(OC)cc(NCc3ccc(C(F)(F)F)cc3)nc2c1. The molecule has 3 aromatic rings. The summed E-state index contributed by atoms with van der Waals surface area (Å²) in [6.45, 7) is 0.274. The number of methoxy groups -OCH3 is 2. The van der Waals surface area contributed by atoms with Gasteiger partial charge in [0.05, 0.1) is 30.9 Å². The minimum atomic E-state index is -4.36. The number of aromatic nitrogens is 1. The van der Waals surface area contributed by atoms with Crippen LogP contribution in [-0.4, -0.2) is 25.2 Å². The van der Waals surface area contributed by atoms with Gasteiger partial charge in [0.25, 0.3) is 0 Å². The van der Waals surface area contributed by atoms with E-state index in [1.807, 2.05) is 0 Å². The second-order valence-corrected chi connectivity index (χ2v) is 5.98. The number of anilines is 1. The number of pyridine rings is 1. The van der Waals surface area contributed by atoms with Crippen LogP contribution in [0, 0.1) is 0 Å². The zero-order valence-corrected chi connectivity index (χ0v) is 15.1. The number of hydrogen-bond acceptors (Lipinski definition) is 5. The summed E-state index contributed by atoms with van der Waals surface area (Å²) < 4.78 is 48.0. The first kappa shape index (κ1) is 19.5. The molecule has 8 heteroatoms. The van der Waals surface area contributed by atoms with E-state index in [0.29, 0.717) is 28.2 Å². The summed E-state index contributed by atoms with van der Waals surface area (Å²) in [4.78, 5) is 16.2. The monoisotopic (exact) mass is 390 g/mol. The van der Waals surface area contributed by atoms with Gasteiger partial charge in [-0.1, -0.05) is 12.1 Å². The van der Waals surface area contributed by atoms with Gasteiger partial charge in [0.15, 0.2) is 0 Å². The van der Waals surface area contributed by atoms with Crippen molar-refractivity contribution in [1.29, 1.82) is 0 Å². The third-order valence-electron chi connectivity index (χ3n) is 4.17. The molecule has 1 aromatic heterocycles. The Labute approximate surface area is 159 Å². The van der Waals surface area contributed by atoms with E-state index in [1.165, 1.54) is 26.4 Å². The molecule has 0 radical (unpaired) electrons. The smallest absolute Gasteiger partial charge is 0.416 e. The number of benzene rings is 2. The fraction of sp³-hybridized carbons (Fsp3) is 0.200. The highest BCUT2D eigenvalue weighted by Crippen LogP contribution is 2.30. The number of ether oxygens (including phenoxy) is 2. The van der Waals surface area contributed by atoms with Crippen LogP contribution in [0.25, 0.3) is 10.9 Å². The third-order valence-corrected chi connectivity index (χ3v) is 4.17. The molecule has 0 bridgehead atoms. The van der Waals surface area contributed by atoms with Crippen LogP contribution < -0.4 is 10.1 Å². The van der Waals surface area contributed by atoms with Gasteiger partial charge in [-0.15, -0.1) is 0 Å². The van der Waals surface area contributed by atoms with Gasteiger partial charge < -0.3 is 14.8 Å². The molecule has 5 nitrogen and oxygen atoms in total. The molecule has 0 amide bonds. The highest BCUT2D eigenvalue weighted by Gasteiger charge is 2.29. The van der Waals surface area contributed by atoms with E-state index in [0.717, 1.165) is 17.5 Å². The fourth-order valence-corrected chi connectivity index (χ4v) is 2.70. The molecule has 2 aromatic carbocycles. The van der Waals surface area contributed by atoms with Crippen molar-refractivity contribution in [2.24, 2.45) is 0 Å². The summed E-state index contributed by atoms with van der Waals surface area (Å²) in [6.07, 6.45) is -4.36. The van der Waals surface area contributed by atoms with Gasteiger partial charge in [-0.05, 0) is 35.9 Å². The molecule has 0 aliphatic heterocycles. The molecule has 0 saturated heterocycles. The van der Waals surface area contributed by atoms with Crippen LogP contribution in [0.2, 0.25) is 0 Å². The number of nitrogens with one attached hydrogen (secondary N) is 1. The normalized spacial score (nSPS) is 11.3. The molecule has 0 aliphatic carbocycles. The maximum Gasteiger partial charge on any atom is 0.416 e. The first-order valence-corrected chi connectivity index (χ1v) is 8.29. The lowest BCUT2D eigenvalue weighted by atomic mass is 10.1. The Hall–Kier alpha value is -3.29. The largest absolute Gasteiger partial charge is 0.496 e. The number of carbonyl (C=O) groups excluding carboxylic acids is 1. The summed E-state index contributed by atoms with van der Waals surface area (Å²) >= 11 is 0. The summed E-state index contributed by atoms with van der Waals surface area (Å²) in [5.41, 5.74) is 0.843. The van der Waals surface area contributed by atoms with E-state index in [9.17, 15) is 18.0 Å². The lowest BCUT2D eigenvalue weighted by Gasteiger charge is -2.12. The highest BCUT2D eigenvalue weighted by molar-refractivity contribution is 5.96. The number of fused-ring (bicyclic) bond motifs is 1. The first-order chi connectivity index (χ1) is 13.3. The van der Waals surface area contributed by atoms with Crippen molar-refractivity contribution >= 4 is 22.7 Å². The van der Waals surface area contributed by atoms with Crippen LogP contribution in [0.4, 0.5) is 19.0 Å². The first-order valence-electron chi connectivity index (χ1n) is 8.29. The summed E-state index contributed by atoms with van der Waals surface area (Å²) in [6, 6.07) is 11.5. The van der Waals surface area contributed by atoms with Gasteiger partial charge in [0, 0.05) is 18.0 Å². The van der Waals surface area contributed by atoms with Gasteiger partial charge in [0.1, 0.15) is 11.6 Å². The molecule has 28 heavy (non-hydrogen) atoms. The Balaban J connectivity index is 1.85. The molecular formula is C20H17F3N2O3. The fourth-order valence-electron chi connectivity index (χ4n) is 2.70. The Morgan fingerprint density at radius 1 is 1.07 bits per heavy atom. The predicted molar refractivity (Wildman–Crippen MR) is 98.4 cm³/mol. The molecule has 3 rings (SSSR count). The Morgan fingerprint density at radius 3 is 2.39 bits per heavy atom. The van der Waals surface area contributed by atoms with E-state index < -0.39 is 17.7 Å². The Morgan fingerprint density at radius 2 is 1.79 bits per heavy atom. The topological polar surface area (TPSA) is 60.5 Å². The summed E-state index contributed by atoms with van der Waals surface area (Å²) in [7, 11) is 2.81. The van der Waals surface area contributed by atoms with Crippen molar-refractivity contribution in [2.45, 2.75) is 12.7 Å². The number of halogens is 3. The number of hydrogen-bond donors (Lipinski definition) is 1. The van der Waals surface area contributed by atoms with E-state index in [2.05, 4.69) is 10.3 Å². The van der Waals surface area contributed by atoms with Gasteiger partial charge in [0.2, 0.25) is 0 Å². The highest BCUT2D eigenvalue weighted by atomic mass is 19.4. The molecule has 0 aliphatic rings. The number of alkyl halides is 3. The average molecular weight is 390 g/mol. The van der Waals surface area contributed by atoms with Crippen molar-refractivity contribution in [3.8, 4) is 5.75 Å². The molecule has 1 N–H and O–H groups in total. The van der Waals surface area contributed by atoms with Crippen LogP contribution in [0.3, 0.4) is 0 Å². The standard InChI is InChI=1S/C20H17F3N2O3/c1-27-17-10-18(24-11-12-3-6-14(7-4-12)20(21,22)23)25-16-9-13(19(26)28-2)5-8-15(16)17/h3-10H,11H2,1-2H3,(H,24,25). The van der Waals surface area contributed by atoms with Gasteiger partial charge in [-0.2, -0.15) is 13.2 Å². The molecule has 0 fully saturated rings. The molecule has 0 atom stereocenters. The zero-order valence-electron chi connectivity index (χ0n) is 15.1. The van der Waals surface area contributed by atoms with Crippen molar-refractivity contribution in [2.75, 3.05) is 19.5 Å². The molecule has 0 unspecified atom stereocenters. The number of esters is 1. The van der Waals surface area contributed by atoms with Crippen molar-refractivity contribution in [3.05, 3.63) is 65.2 Å². The second-order valence-electron chi connectivity index (χ2n) is 5.98. The average Bonchev–Trinajstić information content (AvgIpc) is 2.70. The Kier molecular flexibility index (Phi) is 5.39. The molecular weight excluding hydrogens is 373 g/mol. The van der Waals surface area contributed by atoms with Crippen LogP contribution in [0.5, 0.6) is 5.75 Å². The molecule has 0 saturated carbocycles. The predicted octanol–water partition coefficient (Wildman–Crippen LogP) is 4.66. The van der Waals surface area contributed by atoms with E-state index >= 15 is 0 Å². The molecule has 0 spiro atoms. The summed E-state index contributed by atoms with van der Waals surface area (Å²) in [5, 5.41) is 3.78. The number of rotatable bonds is 5. The minimum Gasteiger partial charge on any atom is -0.496 e. The third kappa shape index (κ3) is 4.16. The molecule has 146 valence electrons. The zero-order chi connectivity index (χ0) is 20.3. The van der Waals surface area contributed by atoms with Crippen LogP contribution in [0.1, 0.15) is 21.5 Å². The minimum absolute atomic E-state index is 0.274. The van der Waals surface area contributed by atoms with Gasteiger partial charge in [-0.25, -0.2) is 9.78 Å². The van der Waals surface area contributed by atoms with Crippen LogP contribution in [-0.2, 0) is 17.5 Å². The maximum absolute atomic E-state index is 12.6. The van der Waals surface area contributed by atoms with Crippen LogP contribution in [0.15, 0.2) is 48.5 Å². The van der Waals surface area contributed by atoms with Gasteiger partial charge in [-0.3, -0.25) is 0 Å². The number of nitrogens with zero attached hydrogens (tertiary/aromatic N) is 1. The molecule has 1 heterocycles. The van der Waals surface area contributed by atoms with Crippen molar-refractivity contribution in [1.82, 2.24) is 4.98 Å². The number of carbonyl (C=O) groups is 1. The maximum atomic E-state index is 12.6. The lowest BCUT2D eigenvalue weighted by Crippen LogP contribution is -2.06. The second kappa shape index (κ2) is 7.75. The quantitative estimate of drug-likeness (QED) is 0.642. The van der Waals surface area contributed by atoms with E-state index in [-0.39, 0.29) is 6.54 Å². The van der Waals surface area contributed by atoms with Crippen molar-refractivity contribution < 1.29 is 27.4 Å². The summed E-state index contributed by atoms with van der Waals surface area (Å²) in [5.74, 6) is 0.536. The lowest BCUT2D eigenvalue weighted by molar-refractivity contribution is -0.137. The van der Waals surface area contributed by atoms with E-state index in [4.69, 9.17) is 9.47 Å².